The normalized spacial score (nSPS) is 12.8. The Kier molecular flexibility index (Phi) is 7.42. The highest BCUT2D eigenvalue weighted by molar-refractivity contribution is 7.89. The molecule has 1 heterocycles. The Hall–Kier alpha value is -3.04. The van der Waals surface area contributed by atoms with E-state index in [4.69, 9.17) is 0 Å². The van der Waals surface area contributed by atoms with Gasteiger partial charge in [0, 0.05) is 25.9 Å². The second-order valence-electron chi connectivity index (χ2n) is 7.48. The molecule has 2 aromatic carbocycles. The van der Waals surface area contributed by atoms with Crippen molar-refractivity contribution in [2.75, 3.05) is 13.1 Å². The molecule has 170 valence electrons. The van der Waals surface area contributed by atoms with E-state index in [2.05, 4.69) is 15.3 Å². The fourth-order valence-electron chi connectivity index (χ4n) is 3.51. The van der Waals surface area contributed by atoms with E-state index < -0.39 is 10.0 Å². The van der Waals surface area contributed by atoms with Crippen LogP contribution in [0.25, 0.3) is 11.0 Å². The van der Waals surface area contributed by atoms with Crippen LogP contribution in [0.5, 0.6) is 0 Å². The van der Waals surface area contributed by atoms with Gasteiger partial charge in [0.05, 0.1) is 22.0 Å². The zero-order valence-electron chi connectivity index (χ0n) is 18.5. The lowest BCUT2D eigenvalue weighted by Crippen LogP contribution is -2.30. The van der Waals surface area contributed by atoms with Crippen molar-refractivity contribution in [3.8, 4) is 0 Å². The van der Waals surface area contributed by atoms with Crippen molar-refractivity contribution in [3.05, 3.63) is 70.1 Å². The first-order valence-electron chi connectivity index (χ1n) is 10.6. The fourth-order valence-corrected chi connectivity index (χ4v) is 4.96. The smallest absolute Gasteiger partial charge is 0.270 e. The first-order chi connectivity index (χ1) is 15.3. The molecule has 0 aliphatic carbocycles. The number of nitrogens with zero attached hydrogens (tertiary/aromatic N) is 2. The quantitative estimate of drug-likeness (QED) is 0.514. The molecule has 1 atom stereocenters. The summed E-state index contributed by atoms with van der Waals surface area (Å²) in [7, 11) is -3.52. The van der Waals surface area contributed by atoms with Crippen LogP contribution in [0.2, 0.25) is 0 Å². The van der Waals surface area contributed by atoms with Gasteiger partial charge in [-0.05, 0) is 36.8 Å². The molecule has 0 fully saturated rings. The molecule has 0 unspecified atom stereocenters. The summed E-state index contributed by atoms with van der Waals surface area (Å²) < 4.78 is 26.6. The molecule has 3 aromatic rings. The van der Waals surface area contributed by atoms with Crippen LogP contribution in [0, 0.1) is 0 Å². The number of carbonyl (C=O) groups is 1. The van der Waals surface area contributed by atoms with Crippen molar-refractivity contribution in [3.63, 3.8) is 0 Å². The first-order valence-corrected chi connectivity index (χ1v) is 12.1. The summed E-state index contributed by atoms with van der Waals surface area (Å²) in [6.07, 6.45) is 0.340. The number of aryl methyl sites for hydroxylation is 1. The third-order valence-electron chi connectivity index (χ3n) is 5.36. The molecule has 9 heteroatoms. The van der Waals surface area contributed by atoms with Crippen molar-refractivity contribution in [2.24, 2.45) is 0 Å². The molecule has 1 amide bonds. The number of H-pyrrole nitrogens is 1. The van der Waals surface area contributed by atoms with Gasteiger partial charge in [-0.15, -0.1) is 0 Å². The summed E-state index contributed by atoms with van der Waals surface area (Å²) in [4.78, 5) is 32.0. The highest BCUT2D eigenvalue weighted by Crippen LogP contribution is 2.19. The van der Waals surface area contributed by atoms with E-state index in [0.717, 1.165) is 5.56 Å². The van der Waals surface area contributed by atoms with Crippen molar-refractivity contribution in [1.29, 1.82) is 0 Å². The van der Waals surface area contributed by atoms with Crippen molar-refractivity contribution in [1.82, 2.24) is 19.6 Å². The predicted molar refractivity (Wildman–Crippen MR) is 124 cm³/mol. The maximum absolute atomic E-state index is 12.6. The maximum Gasteiger partial charge on any atom is 0.270 e. The molecule has 0 bridgehead atoms. The average molecular weight is 457 g/mol. The van der Waals surface area contributed by atoms with Gasteiger partial charge in [0.25, 0.3) is 5.56 Å². The van der Waals surface area contributed by atoms with E-state index in [0.29, 0.717) is 29.8 Å². The topological polar surface area (TPSA) is 112 Å². The number of hydrogen-bond donors (Lipinski definition) is 2. The number of amides is 1. The molecule has 0 radical (unpaired) electrons. The molecule has 1 aromatic heterocycles. The molecule has 32 heavy (non-hydrogen) atoms. The summed E-state index contributed by atoms with van der Waals surface area (Å²) in [5, 5.41) is 2.89. The predicted octanol–water partition coefficient (Wildman–Crippen LogP) is 2.76. The number of rotatable bonds is 9. The Morgan fingerprint density at radius 3 is 2.41 bits per heavy atom. The summed E-state index contributed by atoms with van der Waals surface area (Å²) in [6, 6.07) is 13.5. The number of aromatic amines is 1. The molecule has 0 spiro atoms. The van der Waals surface area contributed by atoms with Crippen LogP contribution in [0.3, 0.4) is 0 Å². The molecule has 2 N–H and O–H groups in total. The Morgan fingerprint density at radius 1 is 1.09 bits per heavy atom. The van der Waals surface area contributed by atoms with E-state index in [9.17, 15) is 18.0 Å². The van der Waals surface area contributed by atoms with Crippen molar-refractivity contribution in [2.45, 2.75) is 44.6 Å². The second-order valence-corrected chi connectivity index (χ2v) is 9.42. The number of nitrogens with one attached hydrogen (secondary N) is 2. The lowest BCUT2D eigenvalue weighted by molar-refractivity contribution is -0.121. The number of para-hydroxylation sites is 2. The summed E-state index contributed by atoms with van der Waals surface area (Å²) in [5.74, 6) is -0.216. The van der Waals surface area contributed by atoms with Crippen LogP contribution in [0.15, 0.2) is 58.2 Å². The molecule has 8 nitrogen and oxygen atoms in total. The van der Waals surface area contributed by atoms with Gasteiger partial charge in [0.15, 0.2) is 0 Å². The van der Waals surface area contributed by atoms with Gasteiger partial charge in [-0.25, -0.2) is 13.4 Å². The highest BCUT2D eigenvalue weighted by Gasteiger charge is 2.21. The van der Waals surface area contributed by atoms with Gasteiger partial charge >= 0.3 is 0 Å². The number of fused-ring (bicyclic) bond motifs is 1. The number of hydrogen-bond acceptors (Lipinski definition) is 5. The van der Waals surface area contributed by atoms with E-state index in [1.807, 2.05) is 19.1 Å². The van der Waals surface area contributed by atoms with Gasteiger partial charge in [-0.3, -0.25) is 9.59 Å². The SMILES string of the molecule is CCN(CC)S(=O)(=O)c1ccc([C@H](C)NC(=O)CCc2nc3ccccc3[nH]c2=O)cc1. The summed E-state index contributed by atoms with van der Waals surface area (Å²) in [6.45, 7) is 6.24. The Balaban J connectivity index is 1.62. The summed E-state index contributed by atoms with van der Waals surface area (Å²) >= 11 is 0. The monoisotopic (exact) mass is 456 g/mol. The lowest BCUT2D eigenvalue weighted by Gasteiger charge is -2.19. The van der Waals surface area contributed by atoms with Crippen LogP contribution in [0.1, 0.15) is 44.5 Å². The number of aromatic nitrogens is 2. The van der Waals surface area contributed by atoms with Gasteiger partial charge in [-0.1, -0.05) is 38.1 Å². The zero-order valence-corrected chi connectivity index (χ0v) is 19.3. The van der Waals surface area contributed by atoms with Gasteiger partial charge in [0.2, 0.25) is 15.9 Å². The highest BCUT2D eigenvalue weighted by atomic mass is 32.2. The molecule has 0 aliphatic heterocycles. The summed E-state index contributed by atoms with van der Waals surface area (Å²) in [5.41, 5.74) is 2.15. The first kappa shape index (κ1) is 23.6. The minimum atomic E-state index is -3.52. The molecule has 0 aliphatic rings. The molecular formula is C23H28N4O4S. The van der Waals surface area contributed by atoms with Crippen LogP contribution in [-0.2, 0) is 21.2 Å². The molecular weight excluding hydrogens is 428 g/mol. The van der Waals surface area contributed by atoms with Crippen LogP contribution >= 0.6 is 0 Å². The molecule has 0 saturated carbocycles. The number of benzene rings is 2. The Labute approximate surface area is 187 Å². The molecule has 0 saturated heterocycles. The minimum Gasteiger partial charge on any atom is -0.350 e. The Bertz CT molecular complexity index is 1250. The third-order valence-corrected chi connectivity index (χ3v) is 7.42. The van der Waals surface area contributed by atoms with E-state index in [-0.39, 0.29) is 35.2 Å². The number of sulfonamides is 1. The lowest BCUT2D eigenvalue weighted by atomic mass is 10.1. The zero-order chi connectivity index (χ0) is 23.3. The average Bonchev–Trinajstić information content (AvgIpc) is 2.78. The van der Waals surface area contributed by atoms with Crippen molar-refractivity contribution < 1.29 is 13.2 Å². The van der Waals surface area contributed by atoms with E-state index in [1.54, 1.807) is 50.2 Å². The van der Waals surface area contributed by atoms with Crippen molar-refractivity contribution >= 4 is 27.0 Å². The van der Waals surface area contributed by atoms with Crippen LogP contribution in [0.4, 0.5) is 0 Å². The molecule has 3 rings (SSSR count). The van der Waals surface area contributed by atoms with Gasteiger partial charge in [0.1, 0.15) is 5.69 Å². The fraction of sp³-hybridized carbons (Fsp3) is 0.348. The van der Waals surface area contributed by atoms with E-state index >= 15 is 0 Å². The number of carbonyl (C=O) groups excluding carboxylic acids is 1. The Morgan fingerprint density at radius 2 is 1.75 bits per heavy atom. The van der Waals surface area contributed by atoms with Crippen LogP contribution < -0.4 is 10.9 Å². The second kappa shape index (κ2) is 10.1. The largest absolute Gasteiger partial charge is 0.350 e. The maximum atomic E-state index is 12.6. The van der Waals surface area contributed by atoms with Gasteiger partial charge in [-0.2, -0.15) is 4.31 Å². The third kappa shape index (κ3) is 5.23. The van der Waals surface area contributed by atoms with E-state index in [1.165, 1.54) is 4.31 Å². The standard InChI is InChI=1S/C23H28N4O4S/c1-4-27(5-2)32(30,31)18-12-10-17(11-13-18)16(3)24-22(28)15-14-21-23(29)26-20-9-7-6-8-19(20)25-21/h6-13,16H,4-5,14-15H2,1-3H3,(H,24,28)(H,26,29)/t16-/m0/s1. The minimum absolute atomic E-state index is 0.118. The van der Waals surface area contributed by atoms with Crippen LogP contribution in [-0.4, -0.2) is 41.7 Å². The van der Waals surface area contributed by atoms with Gasteiger partial charge < -0.3 is 10.3 Å².